The van der Waals surface area contributed by atoms with Gasteiger partial charge in [0.2, 0.25) is 0 Å². The molecule has 1 rings (SSSR count). The molecule has 0 heterocycles. The van der Waals surface area contributed by atoms with Crippen LogP contribution in [-0.4, -0.2) is 36.3 Å². The molecule has 1 atom stereocenters. The van der Waals surface area contributed by atoms with Crippen molar-refractivity contribution in [3.05, 3.63) is 47.7 Å². The highest BCUT2D eigenvalue weighted by Gasteiger charge is 2.19. The van der Waals surface area contributed by atoms with E-state index >= 15 is 0 Å². The van der Waals surface area contributed by atoms with Crippen LogP contribution in [0.2, 0.25) is 0 Å². The number of hydrogen-bond acceptors (Lipinski definition) is 5. The number of carbonyl (C=O) groups excluding carboxylic acids is 2. The second-order valence-electron chi connectivity index (χ2n) is 5.19. The fourth-order valence-electron chi connectivity index (χ4n) is 2.36. The predicted octanol–water partition coefficient (Wildman–Crippen LogP) is 2.93. The quantitative estimate of drug-likeness (QED) is 0.225. The molecule has 24 heavy (non-hydrogen) atoms. The number of nitriles is 1. The standard InChI is InChI=1S/C19H24N2O3/c1-4-21(5-2)17-12-10-15(11-13-17)8-7-9-16(14-20)18(22)19(23)24-6-3/h7-10,12-13,15H,4-6,11H2,1-3H3/b8-7+,16-9+. The van der Waals surface area contributed by atoms with Crippen molar-refractivity contribution < 1.29 is 14.3 Å². The number of carbonyl (C=O) groups is 2. The van der Waals surface area contributed by atoms with Crippen LogP contribution >= 0.6 is 0 Å². The minimum Gasteiger partial charge on any atom is -0.460 e. The Balaban J connectivity index is 2.68. The van der Waals surface area contributed by atoms with E-state index in [1.807, 2.05) is 6.08 Å². The highest BCUT2D eigenvalue weighted by atomic mass is 16.5. The van der Waals surface area contributed by atoms with Crippen molar-refractivity contribution in [2.45, 2.75) is 27.2 Å². The number of allylic oxidation sites excluding steroid dienone is 6. The fraction of sp³-hybridized carbons (Fsp3) is 0.421. The summed E-state index contributed by atoms with van der Waals surface area (Å²) < 4.78 is 4.61. The van der Waals surface area contributed by atoms with Crippen molar-refractivity contribution in [2.75, 3.05) is 19.7 Å². The summed E-state index contributed by atoms with van der Waals surface area (Å²) in [5.74, 6) is -1.70. The molecular formula is C19H24N2O3. The maximum Gasteiger partial charge on any atom is 0.380 e. The average Bonchev–Trinajstić information content (AvgIpc) is 2.60. The number of ketones is 1. The van der Waals surface area contributed by atoms with E-state index in [0.717, 1.165) is 19.5 Å². The van der Waals surface area contributed by atoms with Gasteiger partial charge in [0.1, 0.15) is 11.6 Å². The molecule has 1 aliphatic rings. The molecule has 1 aliphatic carbocycles. The van der Waals surface area contributed by atoms with Gasteiger partial charge in [-0.3, -0.25) is 4.79 Å². The molecule has 128 valence electrons. The predicted molar refractivity (Wildman–Crippen MR) is 92.7 cm³/mol. The molecule has 0 aliphatic heterocycles. The van der Waals surface area contributed by atoms with Crippen LogP contribution in [0.3, 0.4) is 0 Å². The van der Waals surface area contributed by atoms with Gasteiger partial charge in [-0.05, 0) is 45.3 Å². The van der Waals surface area contributed by atoms with Crippen LogP contribution in [0.25, 0.3) is 0 Å². The van der Waals surface area contributed by atoms with Crippen molar-refractivity contribution in [2.24, 2.45) is 5.92 Å². The molecule has 5 nitrogen and oxygen atoms in total. The Hall–Kier alpha value is -2.61. The van der Waals surface area contributed by atoms with Gasteiger partial charge < -0.3 is 9.64 Å². The molecule has 0 fully saturated rings. The van der Waals surface area contributed by atoms with Crippen LogP contribution in [0.4, 0.5) is 0 Å². The third-order valence-electron chi connectivity index (χ3n) is 3.69. The zero-order valence-electron chi connectivity index (χ0n) is 14.5. The molecule has 1 unspecified atom stereocenters. The van der Waals surface area contributed by atoms with Crippen LogP contribution in [0.5, 0.6) is 0 Å². The van der Waals surface area contributed by atoms with Gasteiger partial charge in [0, 0.05) is 18.8 Å². The maximum atomic E-state index is 11.7. The minimum absolute atomic E-state index is 0.104. The minimum atomic E-state index is -0.997. The topological polar surface area (TPSA) is 70.4 Å². The molecule has 0 N–H and O–H groups in total. The number of rotatable bonds is 8. The van der Waals surface area contributed by atoms with Gasteiger partial charge >= 0.3 is 5.97 Å². The van der Waals surface area contributed by atoms with Gasteiger partial charge in [-0.1, -0.05) is 24.3 Å². The van der Waals surface area contributed by atoms with E-state index in [-0.39, 0.29) is 18.1 Å². The number of hydrogen-bond donors (Lipinski definition) is 0. The van der Waals surface area contributed by atoms with Gasteiger partial charge in [-0.2, -0.15) is 5.26 Å². The zero-order chi connectivity index (χ0) is 17.9. The Morgan fingerprint density at radius 3 is 2.58 bits per heavy atom. The summed E-state index contributed by atoms with van der Waals surface area (Å²) in [7, 11) is 0. The number of esters is 1. The molecule has 0 radical (unpaired) electrons. The lowest BCUT2D eigenvalue weighted by molar-refractivity contribution is -0.151. The average molecular weight is 328 g/mol. The smallest absolute Gasteiger partial charge is 0.380 e. The van der Waals surface area contributed by atoms with Crippen LogP contribution in [0.1, 0.15) is 27.2 Å². The summed E-state index contributed by atoms with van der Waals surface area (Å²) in [5, 5.41) is 8.99. The summed E-state index contributed by atoms with van der Waals surface area (Å²) >= 11 is 0. The Labute approximate surface area is 143 Å². The number of likely N-dealkylation sites (N-methyl/N-ethyl adjacent to an activating group) is 1. The molecule has 0 aromatic carbocycles. The Kier molecular flexibility index (Phi) is 8.28. The van der Waals surface area contributed by atoms with Crippen LogP contribution in [0.15, 0.2) is 47.7 Å². The van der Waals surface area contributed by atoms with Crippen LogP contribution in [-0.2, 0) is 14.3 Å². The SMILES string of the molecule is CCOC(=O)C(=O)/C(C#N)=C/C=C/C1C=CC(N(CC)CC)=CC1. The molecule has 0 bridgehead atoms. The molecule has 0 spiro atoms. The van der Waals surface area contributed by atoms with Crippen molar-refractivity contribution in [3.8, 4) is 6.07 Å². The Morgan fingerprint density at radius 2 is 2.08 bits per heavy atom. The summed E-state index contributed by atoms with van der Waals surface area (Å²) in [6, 6.07) is 1.74. The van der Waals surface area contributed by atoms with Crippen molar-refractivity contribution >= 4 is 11.8 Å². The Morgan fingerprint density at radius 1 is 1.38 bits per heavy atom. The van der Waals surface area contributed by atoms with Crippen LogP contribution < -0.4 is 0 Å². The lowest BCUT2D eigenvalue weighted by atomic mass is 9.98. The van der Waals surface area contributed by atoms with Crippen LogP contribution in [0, 0.1) is 17.2 Å². The molecular weight excluding hydrogens is 304 g/mol. The lowest BCUT2D eigenvalue weighted by Gasteiger charge is -2.25. The summed E-state index contributed by atoms with van der Waals surface area (Å²) in [6.07, 6.45) is 12.1. The van der Waals surface area contributed by atoms with E-state index in [1.54, 1.807) is 19.1 Å². The first-order chi connectivity index (χ1) is 11.6. The van der Waals surface area contributed by atoms with Gasteiger partial charge in [0.05, 0.1) is 6.61 Å². The Bertz CT molecular complexity index is 617. The molecule has 0 aromatic heterocycles. The van der Waals surface area contributed by atoms with Gasteiger partial charge in [0.15, 0.2) is 0 Å². The summed E-state index contributed by atoms with van der Waals surface area (Å²) in [6.45, 7) is 7.90. The first-order valence-electron chi connectivity index (χ1n) is 8.20. The van der Waals surface area contributed by atoms with E-state index in [9.17, 15) is 9.59 Å². The second kappa shape index (κ2) is 10.2. The van der Waals surface area contributed by atoms with E-state index in [1.165, 1.54) is 11.8 Å². The van der Waals surface area contributed by atoms with Crippen molar-refractivity contribution in [1.82, 2.24) is 4.90 Å². The summed E-state index contributed by atoms with van der Waals surface area (Å²) in [4.78, 5) is 25.3. The van der Waals surface area contributed by atoms with E-state index in [2.05, 4.69) is 41.7 Å². The highest BCUT2D eigenvalue weighted by molar-refractivity contribution is 6.41. The molecule has 0 saturated heterocycles. The summed E-state index contributed by atoms with van der Waals surface area (Å²) in [5.41, 5.74) is 0.999. The number of ether oxygens (including phenoxy) is 1. The van der Waals surface area contributed by atoms with E-state index in [4.69, 9.17) is 5.26 Å². The number of nitrogens with zero attached hydrogens (tertiary/aromatic N) is 2. The molecule has 0 aromatic rings. The normalized spacial score (nSPS) is 17.3. The second-order valence-corrected chi connectivity index (χ2v) is 5.19. The van der Waals surface area contributed by atoms with Gasteiger partial charge in [-0.25, -0.2) is 4.79 Å². The zero-order valence-corrected chi connectivity index (χ0v) is 14.5. The lowest BCUT2D eigenvalue weighted by Crippen LogP contribution is -2.22. The molecule has 5 heteroatoms. The largest absolute Gasteiger partial charge is 0.460 e. The third-order valence-corrected chi connectivity index (χ3v) is 3.69. The molecule has 0 amide bonds. The first kappa shape index (κ1) is 19.4. The maximum absolute atomic E-state index is 11.7. The van der Waals surface area contributed by atoms with Gasteiger partial charge in [-0.15, -0.1) is 0 Å². The first-order valence-corrected chi connectivity index (χ1v) is 8.20. The van der Waals surface area contributed by atoms with Crippen molar-refractivity contribution in [3.63, 3.8) is 0 Å². The number of Topliss-reactive ketones (excluding diaryl/α,β-unsaturated/α-hetero) is 1. The van der Waals surface area contributed by atoms with Gasteiger partial charge in [0.25, 0.3) is 5.78 Å². The third kappa shape index (κ3) is 5.54. The van der Waals surface area contributed by atoms with E-state index < -0.39 is 11.8 Å². The van der Waals surface area contributed by atoms with Crippen molar-refractivity contribution in [1.29, 1.82) is 5.26 Å². The monoisotopic (exact) mass is 328 g/mol. The van der Waals surface area contributed by atoms with E-state index in [0.29, 0.717) is 0 Å². The molecule has 0 saturated carbocycles. The highest BCUT2D eigenvalue weighted by Crippen LogP contribution is 2.20. The fourth-order valence-corrected chi connectivity index (χ4v) is 2.36.